The Hall–Kier alpha value is -3.10. The van der Waals surface area contributed by atoms with Gasteiger partial charge in [0.2, 0.25) is 17.6 Å². The molecule has 4 rings (SSSR count). The molecule has 32 heavy (non-hydrogen) atoms. The van der Waals surface area contributed by atoms with Crippen LogP contribution in [0.3, 0.4) is 0 Å². The molecule has 1 aliphatic heterocycles. The predicted molar refractivity (Wildman–Crippen MR) is 116 cm³/mol. The summed E-state index contributed by atoms with van der Waals surface area (Å²) in [4.78, 5) is 34.0. The summed E-state index contributed by atoms with van der Waals surface area (Å²) < 4.78 is 16.1. The third-order valence-electron chi connectivity index (χ3n) is 6.12. The maximum atomic E-state index is 13.3. The number of imide groups is 1. The van der Waals surface area contributed by atoms with Crippen LogP contribution in [0.25, 0.3) is 11.4 Å². The normalized spacial score (nSPS) is 21.2. The fraction of sp³-hybridized carbons (Fsp3) is 0.565. The molecule has 0 N–H and O–H groups in total. The lowest BCUT2D eigenvalue weighted by Crippen LogP contribution is -2.62. The Bertz CT molecular complexity index is 966. The zero-order chi connectivity index (χ0) is 22.8. The van der Waals surface area contributed by atoms with Gasteiger partial charge in [-0.1, -0.05) is 31.8 Å². The Labute approximate surface area is 187 Å². The van der Waals surface area contributed by atoms with Crippen LogP contribution >= 0.6 is 0 Å². The highest BCUT2D eigenvalue weighted by Crippen LogP contribution is 2.36. The molecule has 2 atom stereocenters. The first-order valence-corrected chi connectivity index (χ1v) is 11.1. The minimum atomic E-state index is -0.269. The number of urea groups is 1. The van der Waals surface area contributed by atoms with Crippen molar-refractivity contribution in [3.63, 3.8) is 0 Å². The van der Waals surface area contributed by atoms with E-state index in [1.165, 1.54) is 4.90 Å². The van der Waals surface area contributed by atoms with Crippen LogP contribution in [-0.2, 0) is 11.3 Å². The number of fused-ring (bicyclic) bond motifs is 1. The fourth-order valence-corrected chi connectivity index (χ4v) is 4.60. The molecule has 1 saturated heterocycles. The molecule has 0 radical (unpaired) electrons. The predicted octanol–water partition coefficient (Wildman–Crippen LogP) is 3.73. The van der Waals surface area contributed by atoms with Crippen molar-refractivity contribution in [2.45, 2.75) is 52.1 Å². The molecule has 2 heterocycles. The second-order valence-electron chi connectivity index (χ2n) is 8.82. The van der Waals surface area contributed by atoms with Gasteiger partial charge < -0.3 is 18.9 Å². The molecule has 0 spiro atoms. The molecular formula is C23H30N4O5. The molecule has 1 aromatic heterocycles. The summed E-state index contributed by atoms with van der Waals surface area (Å²) in [5.74, 6) is 1.94. The standard InChI is InChI=1S/C23H30N4O5/c1-14(2)12-27-22(28)18-7-5-6-8-19(18)26(23(27)29)13-20-24-21(25-32-20)15-9-16(30-3)11-17(10-15)31-4/h9-11,14,18-19H,5-8,12-13H2,1-4H3. The number of methoxy groups -OCH3 is 2. The van der Waals surface area contributed by atoms with Crippen molar-refractivity contribution in [3.05, 3.63) is 24.1 Å². The second-order valence-corrected chi connectivity index (χ2v) is 8.82. The molecule has 1 saturated carbocycles. The Kier molecular flexibility index (Phi) is 6.34. The molecule has 0 bridgehead atoms. The van der Waals surface area contributed by atoms with Crippen LogP contribution in [0.4, 0.5) is 4.79 Å². The molecule has 1 aliphatic carbocycles. The van der Waals surface area contributed by atoms with Gasteiger partial charge in [-0.15, -0.1) is 0 Å². The van der Waals surface area contributed by atoms with Crippen molar-refractivity contribution in [2.24, 2.45) is 11.8 Å². The number of nitrogens with zero attached hydrogens (tertiary/aromatic N) is 4. The van der Waals surface area contributed by atoms with E-state index in [1.807, 2.05) is 13.8 Å². The number of hydrogen-bond donors (Lipinski definition) is 0. The van der Waals surface area contributed by atoms with Crippen LogP contribution < -0.4 is 9.47 Å². The Morgan fingerprint density at radius 3 is 2.44 bits per heavy atom. The summed E-state index contributed by atoms with van der Waals surface area (Å²) >= 11 is 0. The molecule has 172 valence electrons. The van der Waals surface area contributed by atoms with Crippen LogP contribution in [0.15, 0.2) is 22.7 Å². The largest absolute Gasteiger partial charge is 0.497 e. The third-order valence-corrected chi connectivity index (χ3v) is 6.12. The van der Waals surface area contributed by atoms with Gasteiger partial charge in [0, 0.05) is 24.2 Å². The molecule has 9 nitrogen and oxygen atoms in total. The summed E-state index contributed by atoms with van der Waals surface area (Å²) in [6.07, 6.45) is 3.63. The van der Waals surface area contributed by atoms with E-state index in [-0.39, 0.29) is 36.4 Å². The smallest absolute Gasteiger partial charge is 0.327 e. The Morgan fingerprint density at radius 2 is 1.78 bits per heavy atom. The van der Waals surface area contributed by atoms with E-state index in [0.717, 1.165) is 25.7 Å². The minimum Gasteiger partial charge on any atom is -0.497 e. The zero-order valence-corrected chi connectivity index (χ0v) is 19.0. The van der Waals surface area contributed by atoms with Gasteiger partial charge >= 0.3 is 6.03 Å². The van der Waals surface area contributed by atoms with E-state index >= 15 is 0 Å². The van der Waals surface area contributed by atoms with Gasteiger partial charge in [-0.3, -0.25) is 9.69 Å². The Balaban J connectivity index is 1.59. The quantitative estimate of drug-likeness (QED) is 0.644. The van der Waals surface area contributed by atoms with Crippen molar-refractivity contribution in [1.82, 2.24) is 19.9 Å². The van der Waals surface area contributed by atoms with Crippen LogP contribution in [0.1, 0.15) is 45.4 Å². The summed E-state index contributed by atoms with van der Waals surface area (Å²) in [5.41, 5.74) is 0.688. The molecule has 3 amide bonds. The van der Waals surface area contributed by atoms with Crippen LogP contribution in [0.5, 0.6) is 11.5 Å². The van der Waals surface area contributed by atoms with E-state index in [1.54, 1.807) is 37.3 Å². The van der Waals surface area contributed by atoms with E-state index in [0.29, 0.717) is 35.3 Å². The topological polar surface area (TPSA) is 98.0 Å². The van der Waals surface area contributed by atoms with Crippen molar-refractivity contribution in [3.8, 4) is 22.9 Å². The first-order chi connectivity index (χ1) is 15.4. The van der Waals surface area contributed by atoms with Crippen LogP contribution in [0, 0.1) is 11.8 Å². The highest BCUT2D eigenvalue weighted by Gasteiger charge is 2.47. The average molecular weight is 443 g/mol. The monoisotopic (exact) mass is 442 g/mol. The molecule has 1 aromatic carbocycles. The first kappa shape index (κ1) is 22.1. The molecule has 2 fully saturated rings. The number of rotatable bonds is 7. The summed E-state index contributed by atoms with van der Waals surface area (Å²) in [7, 11) is 3.15. The Morgan fingerprint density at radius 1 is 1.09 bits per heavy atom. The number of aromatic nitrogens is 2. The maximum Gasteiger partial charge on any atom is 0.327 e. The van der Waals surface area contributed by atoms with Crippen molar-refractivity contribution in [1.29, 1.82) is 0 Å². The molecule has 2 aromatic rings. The lowest BCUT2D eigenvalue weighted by atomic mass is 9.81. The van der Waals surface area contributed by atoms with Gasteiger partial charge in [0.25, 0.3) is 0 Å². The van der Waals surface area contributed by atoms with E-state index in [4.69, 9.17) is 14.0 Å². The fourth-order valence-electron chi connectivity index (χ4n) is 4.60. The summed E-state index contributed by atoms with van der Waals surface area (Å²) in [5, 5.41) is 4.10. The zero-order valence-electron chi connectivity index (χ0n) is 19.0. The number of ether oxygens (including phenoxy) is 2. The average Bonchev–Trinajstić information content (AvgIpc) is 3.27. The number of amides is 3. The number of carbonyl (C=O) groups excluding carboxylic acids is 2. The third kappa shape index (κ3) is 4.28. The van der Waals surface area contributed by atoms with Crippen molar-refractivity contribution < 1.29 is 23.6 Å². The molecular weight excluding hydrogens is 412 g/mol. The van der Waals surface area contributed by atoms with E-state index < -0.39 is 0 Å². The molecule has 2 aliphatic rings. The highest BCUT2D eigenvalue weighted by atomic mass is 16.5. The lowest BCUT2D eigenvalue weighted by molar-refractivity contribution is -0.141. The van der Waals surface area contributed by atoms with Crippen LogP contribution in [-0.4, -0.2) is 58.7 Å². The van der Waals surface area contributed by atoms with E-state index in [9.17, 15) is 9.59 Å². The molecule has 9 heteroatoms. The van der Waals surface area contributed by atoms with Gasteiger partial charge in [0.05, 0.1) is 20.1 Å². The van der Waals surface area contributed by atoms with Gasteiger partial charge in [-0.25, -0.2) is 4.79 Å². The number of carbonyl (C=O) groups is 2. The van der Waals surface area contributed by atoms with Crippen molar-refractivity contribution >= 4 is 11.9 Å². The first-order valence-electron chi connectivity index (χ1n) is 11.1. The summed E-state index contributed by atoms with van der Waals surface area (Å²) in [6, 6.07) is 4.96. The number of benzene rings is 1. The SMILES string of the molecule is COc1cc(OC)cc(-c2noc(CN3C(=O)N(CC(C)C)C(=O)C4CCCCC43)n2)c1. The van der Waals surface area contributed by atoms with Gasteiger partial charge in [0.1, 0.15) is 18.0 Å². The minimum absolute atomic E-state index is 0.0423. The van der Waals surface area contributed by atoms with E-state index in [2.05, 4.69) is 10.1 Å². The number of hydrogen-bond acceptors (Lipinski definition) is 7. The van der Waals surface area contributed by atoms with Crippen LogP contribution in [0.2, 0.25) is 0 Å². The highest BCUT2D eigenvalue weighted by molar-refractivity contribution is 5.98. The summed E-state index contributed by atoms with van der Waals surface area (Å²) in [6.45, 7) is 4.60. The van der Waals surface area contributed by atoms with Crippen molar-refractivity contribution in [2.75, 3.05) is 20.8 Å². The maximum absolute atomic E-state index is 13.3. The lowest BCUT2D eigenvalue weighted by Gasteiger charge is -2.46. The molecule has 2 unspecified atom stereocenters. The second kappa shape index (κ2) is 9.18. The van der Waals surface area contributed by atoms with Gasteiger partial charge in [-0.2, -0.15) is 4.98 Å². The van der Waals surface area contributed by atoms with Gasteiger partial charge in [0.15, 0.2) is 0 Å². The van der Waals surface area contributed by atoms with Gasteiger partial charge in [-0.05, 0) is 30.9 Å².